The minimum Gasteiger partial charge on any atom is -0.272 e. The Morgan fingerprint density at radius 1 is 1.30 bits per heavy atom. The highest BCUT2D eigenvalue weighted by atomic mass is 15.3. The summed E-state index contributed by atoms with van der Waals surface area (Å²) in [5, 5.41) is 4.40. The number of benzene rings is 1. The summed E-state index contributed by atoms with van der Waals surface area (Å²) in [6.07, 6.45) is 1.93. The Bertz CT molecular complexity index is 533. The van der Waals surface area contributed by atoms with Crippen molar-refractivity contribution in [2.45, 2.75) is 38.6 Å². The van der Waals surface area contributed by atoms with Crippen molar-refractivity contribution in [1.29, 1.82) is 0 Å². The topological polar surface area (TPSA) is 55.9 Å². The summed E-state index contributed by atoms with van der Waals surface area (Å²) >= 11 is 0. The zero-order valence-electron chi connectivity index (χ0n) is 12.5. The monoisotopic (exact) mass is 272 g/mol. The van der Waals surface area contributed by atoms with Crippen LogP contribution in [0.3, 0.4) is 0 Å². The van der Waals surface area contributed by atoms with Gasteiger partial charge in [-0.25, -0.2) is 0 Å². The maximum absolute atomic E-state index is 5.81. The molecule has 2 rings (SSSR count). The highest BCUT2D eigenvalue weighted by Gasteiger charge is 2.22. The SMILES string of the molecule is CCC(c1ccccc1)C(Cc1cc(C)nn1C)NN. The Balaban J connectivity index is 2.20. The van der Waals surface area contributed by atoms with E-state index in [-0.39, 0.29) is 6.04 Å². The molecule has 0 fully saturated rings. The molecular formula is C16H24N4. The fourth-order valence-electron chi connectivity index (χ4n) is 2.85. The van der Waals surface area contributed by atoms with Crippen LogP contribution in [-0.4, -0.2) is 15.8 Å². The van der Waals surface area contributed by atoms with E-state index in [0.717, 1.165) is 18.5 Å². The van der Waals surface area contributed by atoms with E-state index in [0.29, 0.717) is 5.92 Å². The van der Waals surface area contributed by atoms with Gasteiger partial charge in [0.1, 0.15) is 0 Å². The van der Waals surface area contributed by atoms with Crippen molar-refractivity contribution in [3.8, 4) is 0 Å². The first kappa shape index (κ1) is 14.8. The molecule has 2 aromatic rings. The molecule has 0 aliphatic heterocycles. The number of hydrogen-bond acceptors (Lipinski definition) is 3. The van der Waals surface area contributed by atoms with E-state index < -0.39 is 0 Å². The first-order valence-corrected chi connectivity index (χ1v) is 7.16. The molecule has 4 nitrogen and oxygen atoms in total. The summed E-state index contributed by atoms with van der Waals surface area (Å²) in [5.74, 6) is 6.21. The molecular weight excluding hydrogens is 248 g/mol. The van der Waals surface area contributed by atoms with E-state index in [2.05, 4.69) is 47.8 Å². The van der Waals surface area contributed by atoms with Crippen LogP contribution < -0.4 is 11.3 Å². The summed E-state index contributed by atoms with van der Waals surface area (Å²) in [6, 6.07) is 12.9. The third-order valence-electron chi connectivity index (χ3n) is 3.90. The van der Waals surface area contributed by atoms with Crippen LogP contribution in [0.2, 0.25) is 0 Å². The minimum atomic E-state index is 0.206. The second-order valence-electron chi connectivity index (χ2n) is 5.30. The van der Waals surface area contributed by atoms with Crippen molar-refractivity contribution in [2.24, 2.45) is 12.9 Å². The molecule has 2 atom stereocenters. The van der Waals surface area contributed by atoms with Crippen LogP contribution in [0, 0.1) is 6.92 Å². The van der Waals surface area contributed by atoms with Gasteiger partial charge in [0.25, 0.3) is 0 Å². The Labute approximate surface area is 121 Å². The predicted octanol–water partition coefficient (Wildman–Crippen LogP) is 2.30. The first-order valence-electron chi connectivity index (χ1n) is 7.16. The van der Waals surface area contributed by atoms with E-state index in [4.69, 9.17) is 5.84 Å². The van der Waals surface area contributed by atoms with Gasteiger partial charge in [-0.2, -0.15) is 5.10 Å². The highest BCUT2D eigenvalue weighted by molar-refractivity contribution is 5.22. The Morgan fingerprint density at radius 3 is 2.50 bits per heavy atom. The maximum atomic E-state index is 5.81. The van der Waals surface area contributed by atoms with Gasteiger partial charge in [-0.15, -0.1) is 0 Å². The lowest BCUT2D eigenvalue weighted by Crippen LogP contribution is -2.41. The molecule has 0 saturated carbocycles. The lowest BCUT2D eigenvalue weighted by molar-refractivity contribution is 0.418. The van der Waals surface area contributed by atoms with Gasteiger partial charge in [-0.1, -0.05) is 37.3 Å². The summed E-state index contributed by atoms with van der Waals surface area (Å²) in [7, 11) is 1.99. The number of hydrogen-bond donors (Lipinski definition) is 2. The summed E-state index contributed by atoms with van der Waals surface area (Å²) in [5.41, 5.74) is 6.58. The number of nitrogens with two attached hydrogens (primary N) is 1. The second kappa shape index (κ2) is 6.68. The van der Waals surface area contributed by atoms with Crippen LogP contribution in [0.15, 0.2) is 36.4 Å². The molecule has 0 aliphatic carbocycles. The van der Waals surface area contributed by atoms with Crippen molar-refractivity contribution < 1.29 is 0 Å². The summed E-state index contributed by atoms with van der Waals surface area (Å²) in [4.78, 5) is 0. The summed E-state index contributed by atoms with van der Waals surface area (Å²) < 4.78 is 1.94. The number of rotatable bonds is 6. The van der Waals surface area contributed by atoms with E-state index in [1.807, 2.05) is 24.7 Å². The number of hydrazine groups is 1. The third-order valence-corrected chi connectivity index (χ3v) is 3.90. The second-order valence-corrected chi connectivity index (χ2v) is 5.30. The lowest BCUT2D eigenvalue weighted by atomic mass is 9.87. The largest absolute Gasteiger partial charge is 0.272 e. The van der Waals surface area contributed by atoms with Crippen LogP contribution in [0.25, 0.3) is 0 Å². The van der Waals surface area contributed by atoms with Crippen LogP contribution in [0.4, 0.5) is 0 Å². The molecule has 108 valence electrons. The van der Waals surface area contributed by atoms with Gasteiger partial charge in [-0.05, 0) is 25.0 Å². The molecule has 1 heterocycles. The quantitative estimate of drug-likeness (QED) is 0.626. The van der Waals surface area contributed by atoms with E-state index in [1.54, 1.807) is 0 Å². The molecule has 4 heteroatoms. The smallest absolute Gasteiger partial charge is 0.0596 e. The van der Waals surface area contributed by atoms with Gasteiger partial charge in [0.15, 0.2) is 0 Å². The molecule has 0 bridgehead atoms. The molecule has 0 radical (unpaired) electrons. The molecule has 0 saturated heterocycles. The van der Waals surface area contributed by atoms with Crippen molar-refractivity contribution in [1.82, 2.24) is 15.2 Å². The Kier molecular flexibility index (Phi) is 4.93. The molecule has 1 aromatic heterocycles. The number of nitrogens with one attached hydrogen (secondary N) is 1. The van der Waals surface area contributed by atoms with E-state index >= 15 is 0 Å². The average Bonchev–Trinajstić information content (AvgIpc) is 2.77. The molecule has 0 amide bonds. The number of nitrogens with zero attached hydrogens (tertiary/aromatic N) is 2. The third kappa shape index (κ3) is 3.26. The fourth-order valence-corrected chi connectivity index (χ4v) is 2.85. The molecule has 1 aromatic carbocycles. The molecule has 2 unspecified atom stereocenters. The fraction of sp³-hybridized carbons (Fsp3) is 0.438. The zero-order valence-corrected chi connectivity index (χ0v) is 12.5. The molecule has 0 aliphatic rings. The van der Waals surface area contributed by atoms with Gasteiger partial charge < -0.3 is 0 Å². The number of aryl methyl sites for hydroxylation is 2. The van der Waals surface area contributed by atoms with Gasteiger partial charge in [0, 0.05) is 31.1 Å². The first-order chi connectivity index (χ1) is 9.65. The molecule has 3 N–H and O–H groups in total. The van der Waals surface area contributed by atoms with E-state index in [9.17, 15) is 0 Å². The van der Waals surface area contributed by atoms with Crippen molar-refractivity contribution in [3.63, 3.8) is 0 Å². The van der Waals surface area contributed by atoms with Crippen molar-refractivity contribution >= 4 is 0 Å². The maximum Gasteiger partial charge on any atom is 0.0596 e. The lowest BCUT2D eigenvalue weighted by Gasteiger charge is -2.26. The van der Waals surface area contributed by atoms with Gasteiger partial charge in [0.2, 0.25) is 0 Å². The van der Waals surface area contributed by atoms with Gasteiger partial charge in [-0.3, -0.25) is 16.0 Å². The van der Waals surface area contributed by atoms with Crippen LogP contribution >= 0.6 is 0 Å². The Hall–Kier alpha value is -1.65. The zero-order chi connectivity index (χ0) is 14.5. The normalized spacial score (nSPS) is 14.2. The van der Waals surface area contributed by atoms with Gasteiger partial charge in [0.05, 0.1) is 5.69 Å². The number of aromatic nitrogens is 2. The summed E-state index contributed by atoms with van der Waals surface area (Å²) in [6.45, 7) is 4.22. The van der Waals surface area contributed by atoms with Gasteiger partial charge >= 0.3 is 0 Å². The molecule has 20 heavy (non-hydrogen) atoms. The Morgan fingerprint density at radius 2 is 2.00 bits per heavy atom. The van der Waals surface area contributed by atoms with Crippen LogP contribution in [0.5, 0.6) is 0 Å². The average molecular weight is 272 g/mol. The van der Waals surface area contributed by atoms with E-state index in [1.165, 1.54) is 11.3 Å². The van der Waals surface area contributed by atoms with Crippen molar-refractivity contribution in [2.75, 3.05) is 0 Å². The predicted molar refractivity (Wildman–Crippen MR) is 82.2 cm³/mol. The minimum absolute atomic E-state index is 0.206. The molecule has 0 spiro atoms. The van der Waals surface area contributed by atoms with Crippen molar-refractivity contribution in [3.05, 3.63) is 53.3 Å². The van der Waals surface area contributed by atoms with Crippen LogP contribution in [0.1, 0.15) is 36.2 Å². The standard InChI is InChI=1S/C16H24N4/c1-4-15(13-8-6-5-7-9-13)16(18-17)11-14-10-12(2)19-20(14)3/h5-10,15-16,18H,4,11,17H2,1-3H3. The van der Waals surface area contributed by atoms with Crippen LogP contribution in [-0.2, 0) is 13.5 Å². The highest BCUT2D eigenvalue weighted by Crippen LogP contribution is 2.25.